The number of nitrogens with one attached hydrogen (secondary N) is 2. The van der Waals surface area contributed by atoms with Crippen molar-refractivity contribution in [2.45, 2.75) is 44.2 Å². The summed E-state index contributed by atoms with van der Waals surface area (Å²) in [6, 6.07) is 3.01. The molecule has 0 aromatic carbocycles. The summed E-state index contributed by atoms with van der Waals surface area (Å²) in [7, 11) is 0. The number of nitrogen functional groups attached to an aromatic ring is 1. The molecule has 4 rings (SSSR count). The molecule has 1 fully saturated rings. The van der Waals surface area contributed by atoms with Crippen molar-refractivity contribution < 1.29 is 13.6 Å². The second-order valence-electron chi connectivity index (χ2n) is 7.02. The van der Waals surface area contributed by atoms with Crippen molar-refractivity contribution in [1.29, 1.82) is 0 Å². The van der Waals surface area contributed by atoms with Crippen molar-refractivity contribution in [2.75, 3.05) is 11.1 Å². The highest BCUT2D eigenvalue weighted by Gasteiger charge is 2.50. The lowest BCUT2D eigenvalue weighted by molar-refractivity contribution is -0.0667. The lowest BCUT2D eigenvalue weighted by atomic mass is 9.86. The molecule has 1 saturated carbocycles. The summed E-state index contributed by atoms with van der Waals surface area (Å²) in [6.07, 6.45) is 0.450. The summed E-state index contributed by atoms with van der Waals surface area (Å²) in [6.45, 7) is 1.70. The first-order valence-electron chi connectivity index (χ1n) is 8.53. The molecule has 0 bridgehead atoms. The van der Waals surface area contributed by atoms with Gasteiger partial charge in [-0.05, 0) is 31.4 Å². The highest BCUT2D eigenvalue weighted by Crippen LogP contribution is 2.43. The first-order valence-corrected chi connectivity index (χ1v) is 8.53. The molecule has 1 aliphatic carbocycles. The first-order chi connectivity index (χ1) is 12.7. The molecule has 0 unspecified atom stereocenters. The van der Waals surface area contributed by atoms with Crippen molar-refractivity contribution in [1.82, 2.24) is 19.9 Å². The van der Waals surface area contributed by atoms with Gasteiger partial charge in [0.25, 0.3) is 11.5 Å². The van der Waals surface area contributed by atoms with E-state index in [0.717, 1.165) is 0 Å². The van der Waals surface area contributed by atoms with Gasteiger partial charge in [-0.2, -0.15) is 0 Å². The van der Waals surface area contributed by atoms with E-state index < -0.39 is 35.9 Å². The number of rotatable bonds is 2. The molecule has 3 heterocycles. The number of hydrogen-bond acceptors (Lipinski definition) is 6. The van der Waals surface area contributed by atoms with Crippen LogP contribution in [-0.4, -0.2) is 26.4 Å². The van der Waals surface area contributed by atoms with Crippen LogP contribution in [0.3, 0.4) is 0 Å². The van der Waals surface area contributed by atoms with Crippen molar-refractivity contribution in [3.63, 3.8) is 0 Å². The summed E-state index contributed by atoms with van der Waals surface area (Å²) in [5.74, 6) is -2.66. The SMILES string of the molecule is Cc1cc(Nc2cc(N)ncn2)c(=O)n2c1C(=O)NC21CCC(F)(F)CC1.Cl. The van der Waals surface area contributed by atoms with Crippen LogP contribution < -0.4 is 21.9 Å². The zero-order valence-corrected chi connectivity index (χ0v) is 15.8. The van der Waals surface area contributed by atoms with Crippen LogP contribution in [0.5, 0.6) is 0 Å². The summed E-state index contributed by atoms with van der Waals surface area (Å²) < 4.78 is 28.6. The van der Waals surface area contributed by atoms with E-state index in [4.69, 9.17) is 5.73 Å². The Kier molecular flexibility index (Phi) is 4.78. The van der Waals surface area contributed by atoms with Crippen LogP contribution in [0.1, 0.15) is 41.7 Å². The van der Waals surface area contributed by atoms with Crippen LogP contribution >= 0.6 is 12.4 Å². The Morgan fingerprint density at radius 2 is 1.86 bits per heavy atom. The number of halogens is 3. The molecule has 0 saturated heterocycles. The molecule has 28 heavy (non-hydrogen) atoms. The Bertz CT molecular complexity index is 1000. The number of anilines is 3. The molecule has 4 N–H and O–H groups in total. The third-order valence-electron chi connectivity index (χ3n) is 5.14. The fraction of sp³-hybridized carbons (Fsp3) is 0.412. The van der Waals surface area contributed by atoms with E-state index in [2.05, 4.69) is 20.6 Å². The molecule has 11 heteroatoms. The van der Waals surface area contributed by atoms with Gasteiger partial charge in [0.05, 0.1) is 0 Å². The zero-order valence-electron chi connectivity index (χ0n) is 15.0. The summed E-state index contributed by atoms with van der Waals surface area (Å²) >= 11 is 0. The minimum atomic E-state index is -2.79. The Balaban J connectivity index is 0.00000225. The van der Waals surface area contributed by atoms with Crippen LogP contribution in [0.4, 0.5) is 26.1 Å². The Morgan fingerprint density at radius 3 is 2.50 bits per heavy atom. The molecule has 2 aromatic heterocycles. The van der Waals surface area contributed by atoms with E-state index in [1.54, 1.807) is 13.0 Å². The average molecular weight is 413 g/mol. The van der Waals surface area contributed by atoms with E-state index in [9.17, 15) is 18.4 Å². The maximum absolute atomic E-state index is 13.7. The Hall–Kier alpha value is -2.75. The van der Waals surface area contributed by atoms with Crippen LogP contribution in [0, 0.1) is 6.92 Å². The lowest BCUT2D eigenvalue weighted by Gasteiger charge is -2.38. The zero-order chi connectivity index (χ0) is 19.4. The third-order valence-corrected chi connectivity index (χ3v) is 5.14. The number of hydrogen-bond donors (Lipinski definition) is 3. The van der Waals surface area contributed by atoms with Crippen LogP contribution in [0.25, 0.3) is 0 Å². The van der Waals surface area contributed by atoms with Gasteiger partial charge in [-0.25, -0.2) is 18.7 Å². The minimum Gasteiger partial charge on any atom is -0.384 e. The average Bonchev–Trinajstić information content (AvgIpc) is 2.89. The fourth-order valence-electron chi connectivity index (χ4n) is 3.81. The largest absolute Gasteiger partial charge is 0.384 e. The number of pyridine rings is 1. The van der Waals surface area contributed by atoms with Gasteiger partial charge in [0.1, 0.15) is 35.0 Å². The monoisotopic (exact) mass is 412 g/mol. The van der Waals surface area contributed by atoms with Gasteiger partial charge in [-0.3, -0.25) is 14.2 Å². The summed E-state index contributed by atoms with van der Waals surface area (Å²) in [5.41, 5.74) is 4.97. The molecule has 1 aliphatic heterocycles. The third kappa shape index (κ3) is 3.17. The predicted octanol–water partition coefficient (Wildman–Crippen LogP) is 2.30. The number of amides is 1. The molecule has 0 atom stereocenters. The second-order valence-corrected chi connectivity index (χ2v) is 7.02. The second kappa shape index (κ2) is 6.69. The number of nitrogens with two attached hydrogens (primary N) is 1. The van der Waals surface area contributed by atoms with E-state index in [1.165, 1.54) is 17.0 Å². The Labute approximate surface area is 165 Å². The lowest BCUT2D eigenvalue weighted by Crippen LogP contribution is -2.51. The van der Waals surface area contributed by atoms with Gasteiger partial charge in [0.15, 0.2) is 0 Å². The maximum Gasteiger partial charge on any atom is 0.276 e. The molecule has 8 nitrogen and oxygen atoms in total. The van der Waals surface area contributed by atoms with Crippen molar-refractivity contribution in [3.05, 3.63) is 40.1 Å². The molecule has 1 spiro atoms. The van der Waals surface area contributed by atoms with Crippen molar-refractivity contribution in [3.8, 4) is 0 Å². The molecule has 150 valence electrons. The fourth-order valence-corrected chi connectivity index (χ4v) is 3.81. The number of carbonyl (C=O) groups is 1. The van der Waals surface area contributed by atoms with Gasteiger partial charge in [0.2, 0.25) is 5.92 Å². The number of aromatic nitrogens is 3. The van der Waals surface area contributed by atoms with Gasteiger partial charge in [0, 0.05) is 18.9 Å². The number of fused-ring (bicyclic) bond motifs is 2. The topological polar surface area (TPSA) is 115 Å². The number of nitrogens with zero attached hydrogens (tertiary/aromatic N) is 3. The molecule has 1 amide bonds. The maximum atomic E-state index is 13.7. The molecule has 0 radical (unpaired) electrons. The van der Waals surface area contributed by atoms with Crippen LogP contribution in [0.15, 0.2) is 23.3 Å². The first kappa shape index (κ1) is 20.0. The van der Waals surface area contributed by atoms with Crippen molar-refractivity contribution in [2.24, 2.45) is 0 Å². The van der Waals surface area contributed by atoms with Crippen molar-refractivity contribution >= 4 is 35.6 Å². The van der Waals surface area contributed by atoms with Crippen LogP contribution in [0.2, 0.25) is 0 Å². The highest BCUT2D eigenvalue weighted by molar-refractivity contribution is 5.97. The number of carbonyl (C=O) groups excluding carboxylic acids is 1. The standard InChI is InChI=1S/C17H18F2N6O2.ClH/c1-9-6-10(23-12-7-11(20)21-8-22-12)15(27)25-13(9)14(26)24-17(25)4-2-16(18,19)3-5-17;/h6-8H,2-5H2,1H3,(H,24,26)(H3,20,21,22,23);1H. The quantitative estimate of drug-likeness (QED) is 0.697. The molecule has 2 aliphatic rings. The van der Waals surface area contributed by atoms with E-state index in [-0.39, 0.29) is 42.4 Å². The summed E-state index contributed by atoms with van der Waals surface area (Å²) in [4.78, 5) is 33.4. The Morgan fingerprint density at radius 1 is 1.18 bits per heavy atom. The molecule has 2 aromatic rings. The molecular weight excluding hydrogens is 394 g/mol. The summed E-state index contributed by atoms with van der Waals surface area (Å²) in [5, 5.41) is 5.66. The van der Waals surface area contributed by atoms with E-state index >= 15 is 0 Å². The van der Waals surface area contributed by atoms with E-state index in [0.29, 0.717) is 11.4 Å². The van der Waals surface area contributed by atoms with Gasteiger partial charge < -0.3 is 16.4 Å². The van der Waals surface area contributed by atoms with Gasteiger partial charge in [-0.1, -0.05) is 0 Å². The highest BCUT2D eigenvalue weighted by atomic mass is 35.5. The number of alkyl halides is 2. The van der Waals surface area contributed by atoms with Gasteiger partial charge >= 0.3 is 0 Å². The predicted molar refractivity (Wildman–Crippen MR) is 101 cm³/mol. The normalized spacial score (nSPS) is 18.9. The molecular formula is C17H19ClF2N6O2. The van der Waals surface area contributed by atoms with Gasteiger partial charge in [-0.15, -0.1) is 12.4 Å². The van der Waals surface area contributed by atoms with Crippen LogP contribution in [-0.2, 0) is 5.66 Å². The minimum absolute atomic E-state index is 0. The number of aryl methyl sites for hydroxylation is 1. The van der Waals surface area contributed by atoms with E-state index in [1.807, 2.05) is 0 Å². The smallest absolute Gasteiger partial charge is 0.276 e.